The van der Waals surface area contributed by atoms with Crippen LogP contribution in [0, 0.1) is 6.92 Å². The van der Waals surface area contributed by atoms with Crippen molar-refractivity contribution in [2.24, 2.45) is 0 Å². The summed E-state index contributed by atoms with van der Waals surface area (Å²) >= 11 is 3.42. The van der Waals surface area contributed by atoms with Crippen molar-refractivity contribution in [1.82, 2.24) is 0 Å². The minimum atomic E-state index is -0.607. The molecule has 2 aromatic rings. The summed E-state index contributed by atoms with van der Waals surface area (Å²) < 4.78 is 6.13. The number of ether oxygens (including phenoxy) is 1. The number of halogens is 1. The zero-order chi connectivity index (χ0) is 13.1. The first-order valence-corrected chi connectivity index (χ1v) is 6.49. The molecular formula is C15H15BrO2. The number of hydrogen-bond donors (Lipinski definition) is 1. The molecule has 2 nitrogen and oxygen atoms in total. The van der Waals surface area contributed by atoms with Gasteiger partial charge in [-0.05, 0) is 47.9 Å². The van der Waals surface area contributed by atoms with Gasteiger partial charge >= 0.3 is 0 Å². The summed E-state index contributed by atoms with van der Waals surface area (Å²) in [6, 6.07) is 13.3. The third-order valence-electron chi connectivity index (χ3n) is 2.96. The molecule has 2 rings (SSSR count). The molecule has 18 heavy (non-hydrogen) atoms. The zero-order valence-electron chi connectivity index (χ0n) is 10.4. The molecule has 0 heterocycles. The van der Waals surface area contributed by atoms with Crippen LogP contribution in [0.1, 0.15) is 22.8 Å². The van der Waals surface area contributed by atoms with Crippen LogP contribution in [0.3, 0.4) is 0 Å². The summed E-state index contributed by atoms with van der Waals surface area (Å²) in [7, 11) is 1.63. The Labute approximate surface area is 115 Å². The van der Waals surface area contributed by atoms with Crippen LogP contribution in [-0.4, -0.2) is 12.2 Å². The zero-order valence-corrected chi connectivity index (χ0v) is 11.9. The molecule has 0 bridgehead atoms. The number of aryl methyl sites for hydroxylation is 1. The summed E-state index contributed by atoms with van der Waals surface area (Å²) in [5.41, 5.74) is 2.84. The Morgan fingerprint density at radius 1 is 1.11 bits per heavy atom. The average molecular weight is 307 g/mol. The van der Waals surface area contributed by atoms with E-state index in [4.69, 9.17) is 4.74 Å². The number of hydrogen-bond acceptors (Lipinski definition) is 2. The topological polar surface area (TPSA) is 29.5 Å². The largest absolute Gasteiger partial charge is 0.497 e. The van der Waals surface area contributed by atoms with Gasteiger partial charge in [0.15, 0.2) is 0 Å². The highest BCUT2D eigenvalue weighted by Crippen LogP contribution is 2.27. The van der Waals surface area contributed by atoms with Gasteiger partial charge in [-0.1, -0.05) is 34.1 Å². The summed E-state index contributed by atoms with van der Waals surface area (Å²) in [4.78, 5) is 0. The maximum absolute atomic E-state index is 10.4. The predicted molar refractivity (Wildman–Crippen MR) is 75.9 cm³/mol. The molecule has 0 amide bonds. The number of benzene rings is 2. The predicted octanol–water partition coefficient (Wildman–Crippen LogP) is 3.85. The Morgan fingerprint density at radius 2 is 1.78 bits per heavy atom. The first-order chi connectivity index (χ1) is 8.61. The summed E-state index contributed by atoms with van der Waals surface area (Å²) in [5, 5.41) is 10.4. The molecule has 94 valence electrons. The van der Waals surface area contributed by atoms with E-state index in [-0.39, 0.29) is 0 Å². The average Bonchev–Trinajstić information content (AvgIpc) is 2.38. The Morgan fingerprint density at radius 3 is 2.33 bits per heavy atom. The van der Waals surface area contributed by atoms with Crippen LogP contribution in [0.15, 0.2) is 46.9 Å². The van der Waals surface area contributed by atoms with Crippen LogP contribution >= 0.6 is 15.9 Å². The lowest BCUT2D eigenvalue weighted by Gasteiger charge is -2.14. The third-order valence-corrected chi connectivity index (χ3v) is 3.45. The SMILES string of the molecule is COc1ccc(C(O)c2ccc(Br)cc2C)cc1. The molecule has 0 radical (unpaired) electrons. The van der Waals surface area contributed by atoms with E-state index in [1.54, 1.807) is 7.11 Å². The van der Waals surface area contributed by atoms with Crippen molar-refractivity contribution in [1.29, 1.82) is 0 Å². The highest BCUT2D eigenvalue weighted by molar-refractivity contribution is 9.10. The van der Waals surface area contributed by atoms with Crippen molar-refractivity contribution < 1.29 is 9.84 Å². The van der Waals surface area contributed by atoms with Gasteiger partial charge in [0.2, 0.25) is 0 Å². The fourth-order valence-corrected chi connectivity index (χ4v) is 2.39. The van der Waals surface area contributed by atoms with Crippen LogP contribution in [0.2, 0.25) is 0 Å². The Balaban J connectivity index is 2.31. The van der Waals surface area contributed by atoms with E-state index in [0.717, 1.165) is 26.9 Å². The monoisotopic (exact) mass is 306 g/mol. The molecule has 1 unspecified atom stereocenters. The van der Waals surface area contributed by atoms with Crippen molar-refractivity contribution in [3.63, 3.8) is 0 Å². The standard InChI is InChI=1S/C15H15BrO2/c1-10-9-12(16)5-8-14(10)15(17)11-3-6-13(18-2)7-4-11/h3-9,15,17H,1-2H3. The maximum atomic E-state index is 10.4. The van der Waals surface area contributed by atoms with E-state index < -0.39 is 6.10 Å². The molecule has 0 aliphatic carbocycles. The van der Waals surface area contributed by atoms with Crippen molar-refractivity contribution in [3.05, 3.63) is 63.6 Å². The minimum Gasteiger partial charge on any atom is -0.497 e. The van der Waals surface area contributed by atoms with Gasteiger partial charge in [0, 0.05) is 4.47 Å². The second-order valence-electron chi connectivity index (χ2n) is 4.18. The van der Waals surface area contributed by atoms with Gasteiger partial charge in [0.05, 0.1) is 7.11 Å². The van der Waals surface area contributed by atoms with Crippen molar-refractivity contribution >= 4 is 15.9 Å². The smallest absolute Gasteiger partial charge is 0.118 e. The number of methoxy groups -OCH3 is 1. The van der Waals surface area contributed by atoms with Crippen molar-refractivity contribution in [2.75, 3.05) is 7.11 Å². The third kappa shape index (κ3) is 2.74. The van der Waals surface area contributed by atoms with Gasteiger partial charge in [0.1, 0.15) is 11.9 Å². The van der Waals surface area contributed by atoms with Gasteiger partial charge < -0.3 is 9.84 Å². The second-order valence-corrected chi connectivity index (χ2v) is 5.09. The van der Waals surface area contributed by atoms with Crippen molar-refractivity contribution in [3.8, 4) is 5.75 Å². The quantitative estimate of drug-likeness (QED) is 0.933. The molecule has 2 aromatic carbocycles. The molecular weight excluding hydrogens is 292 g/mol. The van der Waals surface area contributed by atoms with Crippen LogP contribution in [0.4, 0.5) is 0 Å². The van der Waals surface area contributed by atoms with Crippen LogP contribution in [0.5, 0.6) is 5.75 Å². The molecule has 1 atom stereocenters. The van der Waals surface area contributed by atoms with Gasteiger partial charge in [-0.15, -0.1) is 0 Å². The van der Waals surface area contributed by atoms with Gasteiger partial charge in [0.25, 0.3) is 0 Å². The molecule has 0 spiro atoms. The highest BCUT2D eigenvalue weighted by Gasteiger charge is 2.12. The van der Waals surface area contributed by atoms with Crippen LogP contribution < -0.4 is 4.74 Å². The highest BCUT2D eigenvalue weighted by atomic mass is 79.9. The first-order valence-electron chi connectivity index (χ1n) is 5.70. The van der Waals surface area contributed by atoms with Crippen LogP contribution in [-0.2, 0) is 0 Å². The van der Waals surface area contributed by atoms with E-state index in [1.807, 2.05) is 49.4 Å². The maximum Gasteiger partial charge on any atom is 0.118 e. The van der Waals surface area contributed by atoms with E-state index in [9.17, 15) is 5.11 Å². The molecule has 0 saturated carbocycles. The molecule has 3 heteroatoms. The van der Waals surface area contributed by atoms with Crippen molar-refractivity contribution in [2.45, 2.75) is 13.0 Å². The summed E-state index contributed by atoms with van der Waals surface area (Å²) in [6.45, 7) is 1.99. The number of rotatable bonds is 3. The normalized spacial score (nSPS) is 12.2. The Hall–Kier alpha value is -1.32. The van der Waals surface area contributed by atoms with Crippen LogP contribution in [0.25, 0.3) is 0 Å². The lowest BCUT2D eigenvalue weighted by Crippen LogP contribution is -2.01. The number of aliphatic hydroxyl groups is 1. The first kappa shape index (κ1) is 13.1. The Kier molecular flexibility index (Phi) is 4.04. The fraction of sp³-hybridized carbons (Fsp3) is 0.200. The van der Waals surface area contributed by atoms with Gasteiger partial charge in [-0.3, -0.25) is 0 Å². The molecule has 0 aromatic heterocycles. The van der Waals surface area contributed by atoms with Gasteiger partial charge in [-0.2, -0.15) is 0 Å². The number of aliphatic hydroxyl groups excluding tert-OH is 1. The van der Waals surface area contributed by atoms with Gasteiger partial charge in [-0.25, -0.2) is 0 Å². The lowest BCUT2D eigenvalue weighted by molar-refractivity contribution is 0.219. The molecule has 0 saturated heterocycles. The fourth-order valence-electron chi connectivity index (χ4n) is 1.91. The van der Waals surface area contributed by atoms with E-state index in [1.165, 1.54) is 0 Å². The molecule has 0 fully saturated rings. The summed E-state index contributed by atoms with van der Waals surface area (Å²) in [6.07, 6.45) is -0.607. The molecule has 0 aliphatic heterocycles. The second kappa shape index (κ2) is 5.55. The molecule has 1 N–H and O–H groups in total. The Bertz CT molecular complexity index is 535. The molecule has 0 aliphatic rings. The minimum absolute atomic E-state index is 0.607. The van der Waals surface area contributed by atoms with E-state index in [2.05, 4.69) is 15.9 Å². The van der Waals surface area contributed by atoms with E-state index in [0.29, 0.717) is 0 Å². The lowest BCUT2D eigenvalue weighted by atomic mass is 9.97. The summed E-state index contributed by atoms with van der Waals surface area (Å²) in [5.74, 6) is 0.790. The van der Waals surface area contributed by atoms with E-state index >= 15 is 0 Å².